The molecule has 3 atom stereocenters. The number of benzene rings is 3. The van der Waals surface area contributed by atoms with Gasteiger partial charge in [-0.15, -0.1) is 0 Å². The molecule has 2 aliphatic rings. The number of nitrogens with one attached hydrogen (secondary N) is 2. The first kappa shape index (κ1) is 32.6. The van der Waals surface area contributed by atoms with Crippen LogP contribution in [-0.2, 0) is 25.7 Å². The van der Waals surface area contributed by atoms with E-state index in [2.05, 4.69) is 15.5 Å². The van der Waals surface area contributed by atoms with Crippen molar-refractivity contribution in [2.75, 3.05) is 36.0 Å². The summed E-state index contributed by atoms with van der Waals surface area (Å²) in [5, 5.41) is 15.3. The summed E-state index contributed by atoms with van der Waals surface area (Å²) in [5.74, 6) is -0.346. The van der Waals surface area contributed by atoms with E-state index in [0.29, 0.717) is 23.5 Å². The summed E-state index contributed by atoms with van der Waals surface area (Å²) in [7, 11) is 0. The molecule has 3 aromatic rings. The van der Waals surface area contributed by atoms with Gasteiger partial charge in [-0.05, 0) is 67.7 Å². The zero-order valence-electron chi connectivity index (χ0n) is 26.0. The summed E-state index contributed by atoms with van der Waals surface area (Å²) in [6.45, 7) is 3.03. The van der Waals surface area contributed by atoms with E-state index < -0.39 is 6.29 Å². The van der Waals surface area contributed by atoms with Gasteiger partial charge < -0.3 is 35.8 Å². The van der Waals surface area contributed by atoms with Crippen LogP contribution < -0.4 is 16.4 Å². The standard InChI is InChI=1S/C36H46N4O5/c37-31-12-4-5-13-32(31)39-35(43)15-9-14-34(42)38-29-11-8-10-28(22-29)36-44-30(24-40-20-6-2-1-3-7-21-40)23-33(45-36)27-18-16-26(25-41)17-19-27/h4-5,8,10-13,16-19,22,30,33,36,41H,1-3,6-7,9,14-15,20-21,23-25,37H2,(H,38,42)(H,39,43)/t30-,33+,36+/m0/s1. The normalized spacial score (nSPS) is 21.0. The minimum Gasteiger partial charge on any atom is -0.397 e. The van der Waals surface area contributed by atoms with Gasteiger partial charge in [0.15, 0.2) is 6.29 Å². The summed E-state index contributed by atoms with van der Waals surface area (Å²) < 4.78 is 13.1. The molecular weight excluding hydrogens is 568 g/mol. The number of hydrogen-bond donors (Lipinski definition) is 4. The third-order valence-electron chi connectivity index (χ3n) is 8.51. The fourth-order valence-corrected chi connectivity index (χ4v) is 6.04. The van der Waals surface area contributed by atoms with Crippen molar-refractivity contribution in [3.8, 4) is 0 Å². The van der Waals surface area contributed by atoms with Gasteiger partial charge >= 0.3 is 0 Å². The second-order valence-corrected chi connectivity index (χ2v) is 12.1. The summed E-state index contributed by atoms with van der Waals surface area (Å²) in [6, 6.07) is 22.6. The van der Waals surface area contributed by atoms with E-state index in [9.17, 15) is 14.7 Å². The number of anilines is 3. The zero-order chi connectivity index (χ0) is 31.4. The van der Waals surface area contributed by atoms with Crippen molar-refractivity contribution in [2.45, 2.75) is 82.9 Å². The Labute approximate surface area is 266 Å². The number of hydrogen-bond acceptors (Lipinski definition) is 7. The van der Waals surface area contributed by atoms with Gasteiger partial charge in [0.1, 0.15) is 0 Å². The minimum absolute atomic E-state index is 0.00362. The molecule has 5 N–H and O–H groups in total. The van der Waals surface area contributed by atoms with Crippen LogP contribution in [0.3, 0.4) is 0 Å². The fourth-order valence-electron chi connectivity index (χ4n) is 6.04. The Bertz CT molecular complexity index is 1390. The smallest absolute Gasteiger partial charge is 0.224 e. The maximum atomic E-state index is 12.8. The van der Waals surface area contributed by atoms with Crippen LogP contribution in [0.4, 0.5) is 17.1 Å². The molecule has 0 unspecified atom stereocenters. The topological polar surface area (TPSA) is 126 Å². The molecule has 5 rings (SSSR count). The van der Waals surface area contributed by atoms with Crippen LogP contribution in [0.2, 0.25) is 0 Å². The summed E-state index contributed by atoms with van der Waals surface area (Å²) in [5.41, 5.74) is 10.4. The highest BCUT2D eigenvalue weighted by molar-refractivity contribution is 5.94. The second kappa shape index (κ2) is 16.5. The van der Waals surface area contributed by atoms with Crippen LogP contribution in [0.15, 0.2) is 72.8 Å². The van der Waals surface area contributed by atoms with Gasteiger partial charge in [-0.2, -0.15) is 0 Å². The minimum atomic E-state index is -0.591. The molecule has 9 nitrogen and oxygen atoms in total. The lowest BCUT2D eigenvalue weighted by molar-refractivity contribution is -0.253. The molecule has 0 radical (unpaired) electrons. The van der Waals surface area contributed by atoms with Gasteiger partial charge in [0.25, 0.3) is 0 Å². The van der Waals surface area contributed by atoms with E-state index in [-0.39, 0.29) is 43.5 Å². The molecule has 2 amide bonds. The monoisotopic (exact) mass is 614 g/mol. The van der Waals surface area contributed by atoms with Crippen molar-refractivity contribution in [2.24, 2.45) is 0 Å². The molecule has 2 aliphatic heterocycles. The molecule has 2 heterocycles. The Balaban J connectivity index is 1.20. The lowest BCUT2D eigenvalue weighted by Crippen LogP contribution is -2.40. The summed E-state index contributed by atoms with van der Waals surface area (Å²) >= 11 is 0. The van der Waals surface area contributed by atoms with Crippen molar-refractivity contribution in [1.82, 2.24) is 4.90 Å². The van der Waals surface area contributed by atoms with Crippen molar-refractivity contribution in [1.29, 1.82) is 0 Å². The van der Waals surface area contributed by atoms with E-state index >= 15 is 0 Å². The first-order valence-corrected chi connectivity index (χ1v) is 16.2. The van der Waals surface area contributed by atoms with Gasteiger partial charge in [0.2, 0.25) is 11.8 Å². The number of nitrogens with two attached hydrogens (primary N) is 1. The number of carbonyl (C=O) groups excluding carboxylic acids is 2. The van der Waals surface area contributed by atoms with Crippen molar-refractivity contribution in [3.63, 3.8) is 0 Å². The average Bonchev–Trinajstić information content (AvgIpc) is 3.03. The lowest BCUT2D eigenvalue weighted by atomic mass is 9.99. The number of para-hydroxylation sites is 2. The highest BCUT2D eigenvalue weighted by atomic mass is 16.7. The summed E-state index contributed by atoms with van der Waals surface area (Å²) in [6.07, 6.45) is 7.12. The first-order valence-electron chi connectivity index (χ1n) is 16.2. The third-order valence-corrected chi connectivity index (χ3v) is 8.51. The molecule has 45 heavy (non-hydrogen) atoms. The maximum Gasteiger partial charge on any atom is 0.224 e. The SMILES string of the molecule is Nc1ccccc1NC(=O)CCCC(=O)Nc1cccc([C@@H]2O[C@H](CN3CCCCCCC3)C[C@H](c3ccc(CO)cc3)O2)c1. The molecule has 0 aromatic heterocycles. The summed E-state index contributed by atoms with van der Waals surface area (Å²) in [4.78, 5) is 27.6. The van der Waals surface area contributed by atoms with E-state index in [1.54, 1.807) is 12.1 Å². The molecule has 3 aromatic carbocycles. The van der Waals surface area contributed by atoms with Crippen molar-refractivity contribution >= 4 is 28.9 Å². The highest BCUT2D eigenvalue weighted by Crippen LogP contribution is 2.39. The van der Waals surface area contributed by atoms with Crippen LogP contribution in [0.1, 0.15) is 86.9 Å². The van der Waals surface area contributed by atoms with Gasteiger partial charge in [0, 0.05) is 37.1 Å². The molecule has 2 saturated heterocycles. The first-order chi connectivity index (χ1) is 22.0. The van der Waals surface area contributed by atoms with Crippen molar-refractivity contribution in [3.05, 3.63) is 89.5 Å². The number of nitrogen functional groups attached to an aromatic ring is 1. The molecule has 2 fully saturated rings. The van der Waals surface area contributed by atoms with Crippen LogP contribution in [0, 0.1) is 0 Å². The number of nitrogens with zero attached hydrogens (tertiary/aromatic N) is 1. The van der Waals surface area contributed by atoms with Gasteiger partial charge in [-0.1, -0.05) is 67.8 Å². The fraction of sp³-hybridized carbons (Fsp3) is 0.444. The molecule has 0 saturated carbocycles. The Morgan fingerprint density at radius 2 is 1.53 bits per heavy atom. The van der Waals surface area contributed by atoms with Crippen molar-refractivity contribution < 1.29 is 24.2 Å². The van der Waals surface area contributed by atoms with Crippen LogP contribution in [0.5, 0.6) is 0 Å². The van der Waals surface area contributed by atoms with E-state index in [1.165, 1.54) is 32.1 Å². The molecule has 9 heteroatoms. The molecule has 0 spiro atoms. The number of amides is 2. The van der Waals surface area contributed by atoms with E-state index in [4.69, 9.17) is 15.2 Å². The molecule has 0 aliphatic carbocycles. The highest BCUT2D eigenvalue weighted by Gasteiger charge is 2.33. The van der Waals surface area contributed by atoms with Crippen LogP contribution in [-0.4, -0.2) is 47.6 Å². The Morgan fingerprint density at radius 3 is 2.27 bits per heavy atom. The molecule has 240 valence electrons. The Hall–Kier alpha value is -3.76. The number of likely N-dealkylation sites (tertiary alicyclic amines) is 1. The Morgan fingerprint density at radius 1 is 0.822 bits per heavy atom. The predicted molar refractivity (Wildman–Crippen MR) is 176 cm³/mol. The predicted octanol–water partition coefficient (Wildman–Crippen LogP) is 6.32. The second-order valence-electron chi connectivity index (χ2n) is 12.1. The van der Waals surface area contributed by atoms with E-state index in [1.807, 2.05) is 60.7 Å². The van der Waals surface area contributed by atoms with Gasteiger partial charge in [0.05, 0.1) is 30.2 Å². The molecule has 0 bridgehead atoms. The number of ether oxygens (including phenoxy) is 2. The van der Waals surface area contributed by atoms with Gasteiger partial charge in [-0.25, -0.2) is 0 Å². The lowest BCUT2D eigenvalue weighted by Gasteiger charge is -2.39. The molecular formula is C36H46N4O5. The zero-order valence-corrected chi connectivity index (χ0v) is 26.0. The number of aliphatic hydroxyl groups is 1. The number of aliphatic hydroxyl groups excluding tert-OH is 1. The quantitative estimate of drug-likeness (QED) is 0.186. The Kier molecular flexibility index (Phi) is 12.0. The average molecular weight is 615 g/mol. The van der Waals surface area contributed by atoms with Gasteiger partial charge in [-0.3, -0.25) is 9.59 Å². The van der Waals surface area contributed by atoms with Crippen LogP contribution in [0.25, 0.3) is 0 Å². The van der Waals surface area contributed by atoms with E-state index in [0.717, 1.165) is 42.7 Å². The largest absolute Gasteiger partial charge is 0.397 e. The third kappa shape index (κ3) is 9.86. The number of carbonyl (C=O) groups is 2. The maximum absolute atomic E-state index is 12.8. The van der Waals surface area contributed by atoms with Crippen LogP contribution >= 0.6 is 0 Å². The number of rotatable bonds is 11.